The van der Waals surface area contributed by atoms with Crippen molar-refractivity contribution in [2.24, 2.45) is 0 Å². The number of nitro groups is 2. The van der Waals surface area contributed by atoms with Crippen LogP contribution in [0.25, 0.3) is 0 Å². The minimum atomic E-state index is -1.32. The minimum Gasteiger partial charge on any atom is -0.368 e. The molecule has 3 aliphatic rings. The molecule has 12 heteroatoms. The Morgan fingerprint density at radius 3 is 2.17 bits per heavy atom. The molecule has 3 heterocycles. The molecule has 3 saturated heterocycles. The molecule has 0 N–H and O–H groups in total. The van der Waals surface area contributed by atoms with E-state index in [2.05, 4.69) is 0 Å². The first-order chi connectivity index (χ1) is 19.7. The maximum atomic E-state index is 12.8. The van der Waals surface area contributed by atoms with Gasteiger partial charge in [-0.1, -0.05) is 48.5 Å². The molecule has 6 rings (SSSR count). The normalized spacial score (nSPS) is 30.3. The minimum absolute atomic E-state index is 0.126. The number of nitro benzene ring substituents is 1. The topological polar surface area (TPSA) is 136 Å². The van der Waals surface area contributed by atoms with E-state index in [-0.39, 0.29) is 12.3 Å². The molecule has 3 aromatic rings. The second-order valence-electron chi connectivity index (χ2n) is 10.6. The van der Waals surface area contributed by atoms with Crippen LogP contribution in [0.15, 0.2) is 84.9 Å². The lowest BCUT2D eigenvalue weighted by Gasteiger charge is -2.33. The summed E-state index contributed by atoms with van der Waals surface area (Å²) in [5.74, 6) is -0.927. The maximum absolute atomic E-state index is 12.8. The van der Waals surface area contributed by atoms with Crippen molar-refractivity contribution in [3.05, 3.63) is 116 Å². The summed E-state index contributed by atoms with van der Waals surface area (Å²) < 4.78 is 25.0. The van der Waals surface area contributed by atoms with E-state index in [1.165, 1.54) is 29.3 Å². The van der Waals surface area contributed by atoms with E-state index in [1.807, 2.05) is 36.4 Å². The van der Waals surface area contributed by atoms with Crippen molar-refractivity contribution < 1.29 is 33.6 Å². The van der Waals surface area contributed by atoms with Gasteiger partial charge in [0.05, 0.1) is 17.2 Å². The Morgan fingerprint density at radius 1 is 0.878 bits per heavy atom. The van der Waals surface area contributed by atoms with Crippen molar-refractivity contribution >= 4 is 11.4 Å². The van der Waals surface area contributed by atoms with Crippen LogP contribution in [0.2, 0.25) is 0 Å². The van der Waals surface area contributed by atoms with Crippen LogP contribution in [0.4, 0.5) is 11.4 Å². The van der Waals surface area contributed by atoms with Gasteiger partial charge in [0.1, 0.15) is 18.3 Å². The molecule has 3 aromatic carbocycles. The summed E-state index contributed by atoms with van der Waals surface area (Å²) in [4.78, 5) is 29.4. The van der Waals surface area contributed by atoms with Crippen molar-refractivity contribution in [2.75, 3.05) is 5.06 Å². The monoisotopic (exact) mass is 563 g/mol. The lowest BCUT2D eigenvalue weighted by molar-refractivity contribution is -0.532. The molecule has 0 aliphatic carbocycles. The van der Waals surface area contributed by atoms with Gasteiger partial charge >= 0.3 is 0 Å². The Hall–Kier alpha value is -3.94. The van der Waals surface area contributed by atoms with Crippen molar-refractivity contribution in [3.63, 3.8) is 0 Å². The van der Waals surface area contributed by atoms with Gasteiger partial charge in [0, 0.05) is 17.1 Å². The second-order valence-corrected chi connectivity index (χ2v) is 10.6. The number of nitrogens with zero attached hydrogens (tertiary/aromatic N) is 3. The Bertz CT molecular complexity index is 1390. The van der Waals surface area contributed by atoms with E-state index in [0.717, 1.165) is 5.56 Å². The summed E-state index contributed by atoms with van der Waals surface area (Å²) >= 11 is 0. The van der Waals surface area contributed by atoms with E-state index >= 15 is 0 Å². The van der Waals surface area contributed by atoms with E-state index in [0.29, 0.717) is 11.3 Å². The molecule has 3 fully saturated rings. The quantitative estimate of drug-likeness (QED) is 0.283. The Morgan fingerprint density at radius 2 is 1.54 bits per heavy atom. The first-order valence-corrected chi connectivity index (χ1v) is 13.3. The standard InChI is InChI=1S/C29H29N3O9/c1-29(2)39-27-26(37-17-18-9-5-3-6-10-18)25(38-28(27)40-29)22-23(32(35)36)24(19-13-15-21(16-14-19)31(33)34)41-30(22)20-11-7-4-8-12-20/h3-16,22-28H,17H2,1-2H3/t22-,23+,24-,25+,26-,27+,28+/m0/s1. The SMILES string of the molecule is CC1(C)O[C@H]2O[C@H]([C@@H]3[C@@H]([N+](=O)[O-])[C@H](c4ccc([N+](=O)[O-])cc4)ON3c3ccccc3)[C@H](OCc3ccccc3)[C@H]2O1. The first-order valence-electron chi connectivity index (χ1n) is 13.3. The molecule has 12 nitrogen and oxygen atoms in total. The molecule has 0 radical (unpaired) electrons. The predicted molar refractivity (Wildman–Crippen MR) is 144 cm³/mol. The van der Waals surface area contributed by atoms with Gasteiger partial charge in [0.25, 0.3) is 11.7 Å². The van der Waals surface area contributed by atoms with Crippen LogP contribution in [0.5, 0.6) is 0 Å². The van der Waals surface area contributed by atoms with Gasteiger partial charge in [0.2, 0.25) is 0 Å². The molecular weight excluding hydrogens is 534 g/mol. The first kappa shape index (κ1) is 27.2. The summed E-state index contributed by atoms with van der Waals surface area (Å²) in [6.07, 6.45) is -4.13. The van der Waals surface area contributed by atoms with E-state index < -0.39 is 58.4 Å². The van der Waals surface area contributed by atoms with Crippen molar-refractivity contribution in [1.82, 2.24) is 0 Å². The largest absolute Gasteiger partial charge is 0.368 e. The molecular formula is C29H29N3O9. The highest BCUT2D eigenvalue weighted by Crippen LogP contribution is 2.47. The maximum Gasteiger partial charge on any atom is 0.270 e. The van der Waals surface area contributed by atoms with Crippen molar-refractivity contribution in [1.29, 1.82) is 0 Å². The van der Waals surface area contributed by atoms with Crippen LogP contribution < -0.4 is 5.06 Å². The molecule has 41 heavy (non-hydrogen) atoms. The molecule has 0 unspecified atom stereocenters. The highest BCUT2D eigenvalue weighted by Gasteiger charge is 2.65. The zero-order valence-corrected chi connectivity index (χ0v) is 22.3. The molecule has 214 valence electrons. The average molecular weight is 564 g/mol. The van der Waals surface area contributed by atoms with Crippen LogP contribution in [0.1, 0.15) is 31.1 Å². The molecule has 7 atom stereocenters. The third kappa shape index (κ3) is 5.27. The van der Waals surface area contributed by atoms with Crippen LogP contribution in [0, 0.1) is 20.2 Å². The Labute approximate surface area is 235 Å². The van der Waals surface area contributed by atoms with Gasteiger partial charge in [-0.05, 0) is 49.2 Å². The third-order valence-corrected chi connectivity index (χ3v) is 7.49. The molecule has 0 saturated carbocycles. The summed E-state index contributed by atoms with van der Waals surface area (Å²) in [5, 5.41) is 25.5. The van der Waals surface area contributed by atoms with Gasteiger partial charge in [-0.25, -0.2) is 5.06 Å². The predicted octanol–water partition coefficient (Wildman–Crippen LogP) is 4.56. The number of hydrogen-bond acceptors (Lipinski definition) is 10. The third-order valence-electron chi connectivity index (χ3n) is 7.49. The zero-order valence-electron chi connectivity index (χ0n) is 22.3. The number of non-ortho nitro benzene ring substituents is 1. The summed E-state index contributed by atoms with van der Waals surface area (Å²) in [6, 6.07) is 21.9. The fourth-order valence-electron chi connectivity index (χ4n) is 5.72. The molecule has 0 aromatic heterocycles. The van der Waals surface area contributed by atoms with E-state index in [4.69, 9.17) is 23.8 Å². The lowest BCUT2D eigenvalue weighted by atomic mass is 9.91. The Balaban J connectivity index is 1.39. The number of benzene rings is 3. The number of hydroxylamine groups is 1. The average Bonchev–Trinajstić information content (AvgIpc) is 3.60. The summed E-state index contributed by atoms with van der Waals surface area (Å²) in [5.41, 5.74) is 1.80. The number of ether oxygens (including phenoxy) is 4. The fourth-order valence-corrected chi connectivity index (χ4v) is 5.72. The van der Waals surface area contributed by atoms with Gasteiger partial charge < -0.3 is 18.9 Å². The van der Waals surface area contributed by atoms with Gasteiger partial charge in [-0.2, -0.15) is 0 Å². The molecule has 0 amide bonds. The fraction of sp³-hybridized carbons (Fsp3) is 0.379. The van der Waals surface area contributed by atoms with Crippen LogP contribution in [0.3, 0.4) is 0 Å². The van der Waals surface area contributed by atoms with E-state index in [1.54, 1.807) is 38.1 Å². The highest BCUT2D eigenvalue weighted by molar-refractivity contribution is 5.47. The van der Waals surface area contributed by atoms with Gasteiger partial charge in [-0.3, -0.25) is 25.1 Å². The van der Waals surface area contributed by atoms with Crippen LogP contribution in [-0.4, -0.2) is 52.3 Å². The second kappa shape index (κ2) is 10.8. The Kier molecular flexibility index (Phi) is 7.18. The van der Waals surface area contributed by atoms with Crippen LogP contribution in [-0.2, 0) is 30.4 Å². The number of para-hydroxylation sites is 1. The summed E-state index contributed by atoms with van der Waals surface area (Å²) in [6.45, 7) is 3.78. The summed E-state index contributed by atoms with van der Waals surface area (Å²) in [7, 11) is 0. The number of anilines is 1. The van der Waals surface area contributed by atoms with E-state index in [9.17, 15) is 20.2 Å². The molecule has 0 spiro atoms. The molecule has 0 bridgehead atoms. The smallest absolute Gasteiger partial charge is 0.270 e. The highest BCUT2D eigenvalue weighted by atomic mass is 16.8. The number of hydrogen-bond donors (Lipinski definition) is 0. The number of fused-ring (bicyclic) bond motifs is 1. The molecule has 3 aliphatic heterocycles. The van der Waals surface area contributed by atoms with Gasteiger partial charge in [0.15, 0.2) is 24.2 Å². The lowest BCUT2D eigenvalue weighted by Crippen LogP contribution is -2.53. The van der Waals surface area contributed by atoms with Gasteiger partial charge in [-0.15, -0.1) is 0 Å². The number of rotatable bonds is 8. The van der Waals surface area contributed by atoms with Crippen molar-refractivity contribution in [3.8, 4) is 0 Å². The zero-order chi connectivity index (χ0) is 28.7. The van der Waals surface area contributed by atoms with Crippen LogP contribution >= 0.6 is 0 Å². The van der Waals surface area contributed by atoms with Crippen molar-refractivity contribution in [2.45, 2.75) is 69.0 Å².